The maximum Gasteiger partial charge on any atom is 1.00 e. The average molecular weight is 154 g/mol. The van der Waals surface area contributed by atoms with Gasteiger partial charge in [0.25, 0.3) is 0 Å². The standard InChI is InChI=1S/C6H13O2P.Li/c7-9(8)6-4-2-1-3-5-6;/h6,9H,1-5H2,(H,7,8);/q;+1/p-1. The van der Waals surface area contributed by atoms with Crippen LogP contribution in [0.15, 0.2) is 0 Å². The fourth-order valence-electron chi connectivity index (χ4n) is 1.34. The predicted molar refractivity (Wildman–Crippen MR) is 35.9 cm³/mol. The van der Waals surface area contributed by atoms with Crippen molar-refractivity contribution in [2.24, 2.45) is 0 Å². The van der Waals surface area contributed by atoms with Crippen LogP contribution >= 0.6 is 8.03 Å². The summed E-state index contributed by atoms with van der Waals surface area (Å²) >= 11 is 0. The van der Waals surface area contributed by atoms with Crippen LogP contribution in [-0.4, -0.2) is 5.66 Å². The van der Waals surface area contributed by atoms with E-state index in [1.54, 1.807) is 0 Å². The Morgan fingerprint density at radius 3 is 2.00 bits per heavy atom. The second kappa shape index (κ2) is 5.44. The zero-order valence-electron chi connectivity index (χ0n) is 6.43. The monoisotopic (exact) mass is 154 g/mol. The quantitative estimate of drug-likeness (QED) is 0.329. The van der Waals surface area contributed by atoms with Gasteiger partial charge in [-0.2, -0.15) is 0 Å². The fourth-order valence-corrected chi connectivity index (χ4v) is 2.22. The van der Waals surface area contributed by atoms with E-state index < -0.39 is 8.03 Å². The molecule has 10 heavy (non-hydrogen) atoms. The molecule has 0 aromatic rings. The topological polar surface area (TPSA) is 40.1 Å². The molecule has 0 bridgehead atoms. The summed E-state index contributed by atoms with van der Waals surface area (Å²) in [5.41, 5.74) is 0.0451. The molecule has 0 aromatic carbocycles. The Hall–Kier alpha value is 0.787. The van der Waals surface area contributed by atoms with Crippen LogP contribution in [0, 0.1) is 0 Å². The molecule has 0 radical (unpaired) electrons. The van der Waals surface area contributed by atoms with Gasteiger partial charge < -0.3 is 9.46 Å². The first-order chi connectivity index (χ1) is 4.30. The van der Waals surface area contributed by atoms with Gasteiger partial charge in [-0.25, -0.2) is 0 Å². The first-order valence-electron chi connectivity index (χ1n) is 3.51. The van der Waals surface area contributed by atoms with E-state index in [0.717, 1.165) is 25.7 Å². The molecular formula is C6H12LiO2P. The van der Waals surface area contributed by atoms with Crippen LogP contribution in [0.4, 0.5) is 0 Å². The first kappa shape index (κ1) is 10.8. The molecule has 0 heterocycles. The Labute approximate surface area is 74.4 Å². The van der Waals surface area contributed by atoms with E-state index in [-0.39, 0.29) is 24.5 Å². The molecule has 0 spiro atoms. The van der Waals surface area contributed by atoms with Gasteiger partial charge in [-0.1, -0.05) is 19.3 Å². The van der Waals surface area contributed by atoms with E-state index in [0.29, 0.717) is 0 Å². The van der Waals surface area contributed by atoms with Gasteiger partial charge in [0.1, 0.15) is 0 Å². The molecule has 54 valence electrons. The fraction of sp³-hybridized carbons (Fsp3) is 1.00. The van der Waals surface area contributed by atoms with Crippen LogP contribution in [0.25, 0.3) is 0 Å². The van der Waals surface area contributed by atoms with Crippen molar-refractivity contribution in [3.8, 4) is 0 Å². The molecular weight excluding hydrogens is 142 g/mol. The third-order valence-corrected chi connectivity index (χ3v) is 3.18. The summed E-state index contributed by atoms with van der Waals surface area (Å²) in [7, 11) is -2.44. The van der Waals surface area contributed by atoms with E-state index in [1.165, 1.54) is 6.42 Å². The largest absolute Gasteiger partial charge is 1.00 e. The van der Waals surface area contributed by atoms with Crippen LogP contribution in [0.5, 0.6) is 0 Å². The van der Waals surface area contributed by atoms with Crippen molar-refractivity contribution in [1.29, 1.82) is 0 Å². The number of hydrogen-bond acceptors (Lipinski definition) is 2. The molecule has 4 heteroatoms. The van der Waals surface area contributed by atoms with Gasteiger partial charge in [-0.15, -0.1) is 0 Å². The van der Waals surface area contributed by atoms with Crippen molar-refractivity contribution in [1.82, 2.24) is 0 Å². The maximum atomic E-state index is 10.4. The maximum absolute atomic E-state index is 10.4. The van der Waals surface area contributed by atoms with Gasteiger partial charge in [0, 0.05) is 8.03 Å². The molecule has 0 saturated heterocycles. The van der Waals surface area contributed by atoms with Gasteiger partial charge in [-0.3, -0.25) is 0 Å². The molecule has 0 N–H and O–H groups in total. The summed E-state index contributed by atoms with van der Waals surface area (Å²) in [5.74, 6) is 0. The molecule has 1 atom stereocenters. The van der Waals surface area contributed by atoms with Gasteiger partial charge in [0.05, 0.1) is 0 Å². The zero-order valence-corrected chi connectivity index (χ0v) is 7.43. The van der Waals surface area contributed by atoms with Crippen molar-refractivity contribution in [2.45, 2.75) is 37.8 Å². The minimum absolute atomic E-state index is 0. The molecule has 1 aliphatic carbocycles. The second-order valence-corrected chi connectivity index (χ2v) is 4.11. The van der Waals surface area contributed by atoms with Crippen LogP contribution in [0.2, 0.25) is 0 Å². The van der Waals surface area contributed by atoms with Crippen LogP contribution in [0.1, 0.15) is 32.1 Å². The van der Waals surface area contributed by atoms with Crippen molar-refractivity contribution >= 4 is 8.03 Å². The summed E-state index contributed by atoms with van der Waals surface area (Å²) in [6.07, 6.45) is 5.29. The molecule has 0 amide bonds. The molecule has 0 aromatic heterocycles. The Kier molecular flexibility index (Phi) is 5.87. The number of hydrogen-bond donors (Lipinski definition) is 0. The third-order valence-electron chi connectivity index (χ3n) is 1.94. The summed E-state index contributed by atoms with van der Waals surface area (Å²) in [4.78, 5) is 10.4. The van der Waals surface area contributed by atoms with E-state index in [9.17, 15) is 9.46 Å². The summed E-state index contributed by atoms with van der Waals surface area (Å²) < 4.78 is 10.4. The van der Waals surface area contributed by atoms with Crippen molar-refractivity contribution in [3.63, 3.8) is 0 Å². The van der Waals surface area contributed by atoms with Gasteiger partial charge in [0.15, 0.2) is 0 Å². The number of rotatable bonds is 1. The van der Waals surface area contributed by atoms with Crippen LogP contribution in [-0.2, 0) is 4.57 Å². The van der Waals surface area contributed by atoms with Crippen molar-refractivity contribution in [2.75, 3.05) is 0 Å². The van der Waals surface area contributed by atoms with Crippen molar-refractivity contribution < 1.29 is 28.3 Å². The zero-order chi connectivity index (χ0) is 6.69. The second-order valence-electron chi connectivity index (χ2n) is 2.65. The predicted octanol–water partition coefficient (Wildman–Crippen LogP) is -1.84. The Morgan fingerprint density at radius 1 is 1.20 bits per heavy atom. The minimum Gasteiger partial charge on any atom is -0.801 e. The van der Waals surface area contributed by atoms with E-state index >= 15 is 0 Å². The molecule has 1 unspecified atom stereocenters. The Balaban J connectivity index is 0.000000810. The Bertz CT molecular complexity index is 112. The van der Waals surface area contributed by atoms with Gasteiger partial charge in [0.2, 0.25) is 0 Å². The minimum atomic E-state index is -2.44. The smallest absolute Gasteiger partial charge is 0.801 e. The van der Waals surface area contributed by atoms with E-state index in [1.807, 2.05) is 0 Å². The van der Waals surface area contributed by atoms with Crippen LogP contribution < -0.4 is 23.8 Å². The van der Waals surface area contributed by atoms with Crippen molar-refractivity contribution in [3.05, 3.63) is 0 Å². The SMILES string of the molecule is O=[PH]([O-])C1CCCCC1.[Li+]. The molecule has 0 aliphatic heterocycles. The molecule has 1 aliphatic rings. The van der Waals surface area contributed by atoms with Crippen LogP contribution in [0.3, 0.4) is 0 Å². The third kappa shape index (κ3) is 3.26. The summed E-state index contributed by atoms with van der Waals surface area (Å²) in [6, 6.07) is 0. The first-order valence-corrected chi connectivity index (χ1v) is 4.91. The summed E-state index contributed by atoms with van der Waals surface area (Å²) in [5, 5.41) is 0. The molecule has 2 nitrogen and oxygen atoms in total. The molecule has 1 rings (SSSR count). The van der Waals surface area contributed by atoms with E-state index in [4.69, 9.17) is 0 Å². The molecule has 1 saturated carbocycles. The van der Waals surface area contributed by atoms with Gasteiger partial charge >= 0.3 is 18.9 Å². The normalized spacial score (nSPS) is 23.3. The molecule has 1 fully saturated rings. The van der Waals surface area contributed by atoms with E-state index in [2.05, 4.69) is 0 Å². The average Bonchev–Trinajstić information content (AvgIpc) is 1.90. The Morgan fingerprint density at radius 2 is 1.70 bits per heavy atom. The van der Waals surface area contributed by atoms with Gasteiger partial charge in [-0.05, 0) is 18.5 Å². The summed E-state index contributed by atoms with van der Waals surface area (Å²) in [6.45, 7) is 0.